The van der Waals surface area contributed by atoms with Gasteiger partial charge in [-0.15, -0.1) is 0 Å². The lowest BCUT2D eigenvalue weighted by Gasteiger charge is -2.37. The largest absolute Gasteiger partial charge is 0.459 e. The number of unbranched alkanes of at least 4 members (excludes halogenated alkanes) is 1. The molecule has 0 aromatic heterocycles. The minimum Gasteiger partial charge on any atom is -0.459 e. The molecule has 0 rings (SSSR count). The van der Waals surface area contributed by atoms with E-state index in [1.165, 1.54) is 0 Å². The smallest absolute Gasteiger partial charge is 0.311 e. The minimum atomic E-state index is -3.88. The van der Waals surface area contributed by atoms with Gasteiger partial charge in [-0.3, -0.25) is 9.35 Å². The Balaban J connectivity index is 4.41. The quantitative estimate of drug-likeness (QED) is 0.253. The zero-order chi connectivity index (χ0) is 18.1. The lowest BCUT2D eigenvalue weighted by atomic mass is 9.91. The van der Waals surface area contributed by atoms with Crippen LogP contribution >= 0.6 is 0 Å². The van der Waals surface area contributed by atoms with Gasteiger partial charge in [-0.1, -0.05) is 6.92 Å². The molecule has 0 atom stereocenters. The number of carbonyl (C=O) groups is 1. The van der Waals surface area contributed by atoms with Gasteiger partial charge in [0.2, 0.25) is 0 Å². The van der Waals surface area contributed by atoms with Crippen molar-refractivity contribution in [2.24, 2.45) is 5.41 Å². The zero-order valence-corrected chi connectivity index (χ0v) is 16.1. The molecule has 23 heavy (non-hydrogen) atoms. The van der Waals surface area contributed by atoms with Crippen LogP contribution in [0.4, 0.5) is 0 Å². The summed E-state index contributed by atoms with van der Waals surface area (Å²) >= 11 is 0. The molecule has 0 aliphatic carbocycles. The van der Waals surface area contributed by atoms with Crippen LogP contribution in [0, 0.1) is 5.41 Å². The Kier molecular flexibility index (Phi) is 9.32. The first kappa shape index (κ1) is 22.3. The fourth-order valence-electron chi connectivity index (χ4n) is 2.37. The lowest BCUT2D eigenvalue weighted by molar-refractivity contribution is -0.925. The molecule has 6 nitrogen and oxygen atoms in total. The summed E-state index contributed by atoms with van der Waals surface area (Å²) in [5.41, 5.74) is -0.455. The van der Waals surface area contributed by atoms with Crippen molar-refractivity contribution in [1.82, 2.24) is 0 Å². The van der Waals surface area contributed by atoms with Crippen molar-refractivity contribution >= 4 is 16.1 Å². The maximum absolute atomic E-state index is 12.0. The number of hydrogen-bond donors (Lipinski definition) is 1. The molecule has 0 bridgehead atoms. The van der Waals surface area contributed by atoms with Crippen molar-refractivity contribution in [3.05, 3.63) is 0 Å². The Labute approximate surface area is 141 Å². The molecule has 0 fully saturated rings. The molecule has 0 saturated heterocycles. The van der Waals surface area contributed by atoms with E-state index < -0.39 is 15.5 Å². The van der Waals surface area contributed by atoms with E-state index in [-0.39, 0.29) is 11.7 Å². The molecule has 138 valence electrons. The van der Waals surface area contributed by atoms with Crippen LogP contribution in [0.15, 0.2) is 0 Å². The number of hydrogen-bond acceptors (Lipinski definition) is 4. The number of nitrogens with zero attached hydrogens (tertiary/aromatic N) is 1. The monoisotopic (exact) mass is 352 g/mol. The van der Waals surface area contributed by atoms with Crippen molar-refractivity contribution in [3.63, 3.8) is 0 Å². The highest BCUT2D eigenvalue weighted by Gasteiger charge is 2.29. The maximum Gasteiger partial charge on any atom is 0.311 e. The minimum absolute atomic E-state index is 0.170. The van der Waals surface area contributed by atoms with Crippen LogP contribution < -0.4 is 0 Å². The Morgan fingerprint density at radius 3 is 2.09 bits per heavy atom. The van der Waals surface area contributed by atoms with Crippen molar-refractivity contribution in [2.75, 3.05) is 38.5 Å². The van der Waals surface area contributed by atoms with Gasteiger partial charge in [-0.2, -0.15) is 8.42 Å². The average molecular weight is 353 g/mol. The van der Waals surface area contributed by atoms with Gasteiger partial charge in [0, 0.05) is 0 Å². The van der Waals surface area contributed by atoms with Gasteiger partial charge in [-0.25, -0.2) is 0 Å². The van der Waals surface area contributed by atoms with Crippen molar-refractivity contribution in [1.29, 1.82) is 0 Å². The molecule has 1 N–H and O–H groups in total. The highest BCUT2D eigenvalue weighted by molar-refractivity contribution is 7.85. The van der Waals surface area contributed by atoms with E-state index in [4.69, 9.17) is 9.29 Å². The Morgan fingerprint density at radius 1 is 1.09 bits per heavy atom. The summed E-state index contributed by atoms with van der Waals surface area (Å²) in [5, 5.41) is 0. The third-order valence-corrected chi connectivity index (χ3v) is 5.67. The molecule has 0 amide bonds. The summed E-state index contributed by atoms with van der Waals surface area (Å²) in [4.78, 5) is 12.0. The Bertz CT molecular complexity index is 455. The van der Waals surface area contributed by atoms with Gasteiger partial charge in [0.25, 0.3) is 10.1 Å². The second-order valence-corrected chi connectivity index (χ2v) is 8.36. The van der Waals surface area contributed by atoms with E-state index in [1.54, 1.807) is 0 Å². The summed E-state index contributed by atoms with van der Waals surface area (Å²) in [6.45, 7) is 13.6. The van der Waals surface area contributed by atoms with Gasteiger partial charge >= 0.3 is 5.97 Å². The van der Waals surface area contributed by atoms with Crippen LogP contribution in [-0.4, -0.2) is 62.0 Å². The summed E-state index contributed by atoms with van der Waals surface area (Å²) in [7, 11) is -3.88. The Morgan fingerprint density at radius 2 is 1.65 bits per heavy atom. The van der Waals surface area contributed by atoms with Gasteiger partial charge in [-0.05, 0) is 47.0 Å². The molecule has 0 saturated carbocycles. The van der Waals surface area contributed by atoms with E-state index in [9.17, 15) is 13.2 Å². The van der Waals surface area contributed by atoms with Gasteiger partial charge < -0.3 is 9.22 Å². The molecular formula is C16H34NO5S+. The van der Waals surface area contributed by atoms with Crippen molar-refractivity contribution in [3.8, 4) is 0 Å². The topological polar surface area (TPSA) is 80.7 Å². The molecule has 0 spiro atoms. The van der Waals surface area contributed by atoms with E-state index in [0.717, 1.165) is 43.5 Å². The fraction of sp³-hybridized carbons (Fsp3) is 0.938. The molecule has 0 aliphatic rings. The first-order valence-corrected chi connectivity index (χ1v) is 10.1. The second-order valence-electron chi connectivity index (χ2n) is 6.79. The molecule has 0 heterocycles. The van der Waals surface area contributed by atoms with Crippen molar-refractivity contribution in [2.45, 2.75) is 53.9 Å². The molecule has 0 aliphatic heterocycles. The number of carbonyl (C=O) groups excluding carboxylic acids is 1. The highest BCUT2D eigenvalue weighted by Crippen LogP contribution is 2.21. The van der Waals surface area contributed by atoms with Gasteiger partial charge in [0.1, 0.15) is 13.2 Å². The second kappa shape index (κ2) is 9.59. The van der Waals surface area contributed by atoms with Gasteiger partial charge in [0.15, 0.2) is 0 Å². The highest BCUT2D eigenvalue weighted by atomic mass is 32.2. The maximum atomic E-state index is 12.0. The van der Waals surface area contributed by atoms with Crippen LogP contribution in [0.1, 0.15) is 53.9 Å². The molecule has 0 aromatic carbocycles. The number of likely N-dealkylation sites (N-methyl/N-ethyl adjacent to an activating group) is 1. The standard InChI is InChI=1S/C16H33NO5S/c1-6-16(4,5)15(18)22-13-12-17(7-2,8-3)11-9-10-14-23(19,20)21/h6-14H2,1-5H3/p+1. The third kappa shape index (κ3) is 8.67. The third-order valence-electron chi connectivity index (χ3n) is 4.86. The van der Waals surface area contributed by atoms with Crippen LogP contribution in [0.3, 0.4) is 0 Å². The van der Waals surface area contributed by atoms with E-state index in [1.807, 2.05) is 20.8 Å². The van der Waals surface area contributed by atoms with E-state index in [2.05, 4.69) is 13.8 Å². The number of quaternary nitrogens is 1. The van der Waals surface area contributed by atoms with E-state index in [0.29, 0.717) is 13.0 Å². The average Bonchev–Trinajstić information content (AvgIpc) is 2.48. The fourth-order valence-corrected chi connectivity index (χ4v) is 2.94. The molecular weight excluding hydrogens is 318 g/mol. The number of esters is 1. The predicted molar refractivity (Wildman–Crippen MR) is 91.8 cm³/mol. The first-order chi connectivity index (χ1) is 10.5. The number of ether oxygens (including phenoxy) is 1. The van der Waals surface area contributed by atoms with E-state index >= 15 is 0 Å². The molecule has 0 radical (unpaired) electrons. The summed E-state index contributed by atoms with van der Waals surface area (Å²) < 4.78 is 36.5. The molecule has 0 aromatic rings. The lowest BCUT2D eigenvalue weighted by Crippen LogP contribution is -2.50. The normalized spacial score (nSPS) is 13.1. The van der Waals surface area contributed by atoms with Crippen molar-refractivity contribution < 1.29 is 27.0 Å². The molecule has 7 heteroatoms. The van der Waals surface area contributed by atoms with Crippen LogP contribution in [0.2, 0.25) is 0 Å². The van der Waals surface area contributed by atoms with Crippen LogP contribution in [0.25, 0.3) is 0 Å². The summed E-state index contributed by atoms with van der Waals surface area (Å²) in [6, 6.07) is 0. The SMILES string of the molecule is CCC(C)(C)C(=O)OCC[N+](CC)(CC)CCCCS(=O)(=O)O. The Hall–Kier alpha value is -0.660. The number of rotatable bonds is 12. The van der Waals surface area contributed by atoms with Crippen LogP contribution in [-0.2, 0) is 19.6 Å². The zero-order valence-electron chi connectivity index (χ0n) is 15.3. The summed E-state index contributed by atoms with van der Waals surface area (Å²) in [5.74, 6) is -0.364. The summed E-state index contributed by atoms with van der Waals surface area (Å²) in [6.07, 6.45) is 1.90. The first-order valence-electron chi connectivity index (χ1n) is 8.49. The predicted octanol–water partition coefficient (Wildman–Crippen LogP) is 2.49. The molecule has 0 unspecified atom stereocenters. The van der Waals surface area contributed by atoms with Crippen LogP contribution in [0.5, 0.6) is 0 Å². The van der Waals surface area contributed by atoms with Gasteiger partial charge in [0.05, 0.1) is 30.8 Å².